The van der Waals surface area contributed by atoms with E-state index in [1.54, 1.807) is 18.2 Å². The van der Waals surface area contributed by atoms with Crippen LogP contribution >= 0.6 is 23.2 Å². The van der Waals surface area contributed by atoms with Gasteiger partial charge in [0.25, 0.3) is 5.91 Å². The van der Waals surface area contributed by atoms with Gasteiger partial charge in [-0.3, -0.25) is 9.36 Å². The van der Waals surface area contributed by atoms with E-state index in [1.165, 1.54) is 0 Å². The third kappa shape index (κ3) is 5.04. The number of nitrogens with zero attached hydrogens (tertiary/aromatic N) is 3. The fourth-order valence-electron chi connectivity index (χ4n) is 5.49. The number of likely N-dealkylation sites (tertiary alicyclic amines) is 2. The number of piperidine rings is 2. The van der Waals surface area contributed by atoms with Crippen LogP contribution in [0.2, 0.25) is 10.0 Å². The minimum absolute atomic E-state index is 0.000928. The molecular weight excluding hydrogens is 471 g/mol. The number of amides is 1. The van der Waals surface area contributed by atoms with Crippen molar-refractivity contribution in [1.82, 2.24) is 19.4 Å². The van der Waals surface area contributed by atoms with Gasteiger partial charge in [0.1, 0.15) is 0 Å². The third-order valence-electron chi connectivity index (χ3n) is 7.41. The first-order valence-corrected chi connectivity index (χ1v) is 12.9. The molecule has 0 spiro atoms. The van der Waals surface area contributed by atoms with Crippen molar-refractivity contribution in [3.05, 3.63) is 68.6 Å². The van der Waals surface area contributed by atoms with Crippen LogP contribution in [0.4, 0.5) is 0 Å². The number of halogens is 2. The van der Waals surface area contributed by atoms with Crippen LogP contribution < -0.4 is 5.69 Å². The first-order chi connectivity index (χ1) is 16.5. The maximum absolute atomic E-state index is 12.8. The number of para-hydroxylation sites is 2. The number of benzene rings is 2. The molecule has 34 heavy (non-hydrogen) atoms. The van der Waals surface area contributed by atoms with Gasteiger partial charge < -0.3 is 14.8 Å². The monoisotopic (exact) mass is 500 g/mol. The number of carbonyl (C=O) groups is 1. The average Bonchev–Trinajstić information content (AvgIpc) is 3.18. The van der Waals surface area contributed by atoms with Crippen molar-refractivity contribution in [3.63, 3.8) is 0 Å². The topological polar surface area (TPSA) is 61.3 Å². The molecule has 180 valence electrons. The number of hydrogen-bond acceptors (Lipinski definition) is 3. The van der Waals surface area contributed by atoms with Crippen molar-refractivity contribution < 1.29 is 4.79 Å². The first kappa shape index (κ1) is 23.5. The molecule has 3 heterocycles. The van der Waals surface area contributed by atoms with Crippen molar-refractivity contribution >= 4 is 40.1 Å². The van der Waals surface area contributed by atoms with Gasteiger partial charge in [-0.25, -0.2) is 4.79 Å². The number of aromatic nitrogens is 2. The number of imidazole rings is 1. The number of nitrogens with one attached hydrogen (secondary N) is 1. The summed E-state index contributed by atoms with van der Waals surface area (Å²) < 4.78 is 1.95. The lowest BCUT2D eigenvalue weighted by Gasteiger charge is -2.35. The molecule has 1 aromatic heterocycles. The molecule has 1 N–H and O–H groups in total. The van der Waals surface area contributed by atoms with Crippen molar-refractivity contribution in [2.75, 3.05) is 32.7 Å². The van der Waals surface area contributed by atoms with Crippen molar-refractivity contribution in [3.8, 4) is 0 Å². The molecule has 0 unspecified atom stereocenters. The van der Waals surface area contributed by atoms with Crippen LogP contribution in [0.15, 0.2) is 47.3 Å². The number of hydrogen-bond donors (Lipinski definition) is 1. The lowest BCUT2D eigenvalue weighted by molar-refractivity contribution is 0.0677. The van der Waals surface area contributed by atoms with E-state index in [2.05, 4.69) is 9.88 Å². The second-order valence-corrected chi connectivity index (χ2v) is 10.4. The van der Waals surface area contributed by atoms with Gasteiger partial charge in [0.05, 0.1) is 11.0 Å². The highest BCUT2D eigenvalue weighted by atomic mass is 35.5. The first-order valence-electron chi connectivity index (χ1n) is 12.1. The van der Waals surface area contributed by atoms with Crippen molar-refractivity contribution in [2.45, 2.75) is 38.1 Å². The summed E-state index contributed by atoms with van der Waals surface area (Å²) in [6.45, 7) is 4.67. The average molecular weight is 501 g/mol. The summed E-state index contributed by atoms with van der Waals surface area (Å²) in [5, 5.41) is 0.980. The molecular formula is C26H30Cl2N4O2. The molecule has 2 fully saturated rings. The Labute approximate surface area is 209 Å². The molecule has 3 aromatic rings. The third-order valence-corrected chi connectivity index (χ3v) is 7.85. The number of rotatable bonds is 5. The van der Waals surface area contributed by atoms with Crippen molar-refractivity contribution in [1.29, 1.82) is 0 Å². The number of H-pyrrole nitrogens is 1. The summed E-state index contributed by atoms with van der Waals surface area (Å²) in [6, 6.07) is 13.2. The van der Waals surface area contributed by atoms with Gasteiger partial charge in [0.15, 0.2) is 0 Å². The quantitative estimate of drug-likeness (QED) is 0.522. The van der Waals surface area contributed by atoms with Crippen LogP contribution in [0.25, 0.3) is 11.0 Å². The Morgan fingerprint density at radius 2 is 1.62 bits per heavy atom. The molecule has 2 aliphatic heterocycles. The lowest BCUT2D eigenvalue weighted by Crippen LogP contribution is -2.40. The summed E-state index contributed by atoms with van der Waals surface area (Å²) in [5.41, 5.74) is 2.49. The minimum Gasteiger partial charge on any atom is -0.339 e. The van der Waals surface area contributed by atoms with Crippen LogP contribution in [0.1, 0.15) is 48.5 Å². The molecule has 0 aliphatic carbocycles. The molecule has 2 aromatic carbocycles. The van der Waals surface area contributed by atoms with E-state index in [9.17, 15) is 9.59 Å². The zero-order valence-corrected chi connectivity index (χ0v) is 20.7. The van der Waals surface area contributed by atoms with E-state index in [-0.39, 0.29) is 17.6 Å². The highest BCUT2D eigenvalue weighted by Gasteiger charge is 2.26. The van der Waals surface area contributed by atoms with Gasteiger partial charge in [-0.2, -0.15) is 0 Å². The smallest absolute Gasteiger partial charge is 0.326 e. The molecule has 5 rings (SSSR count). The Balaban J connectivity index is 1.08. The summed E-state index contributed by atoms with van der Waals surface area (Å²) in [5.74, 6) is 0.651. The van der Waals surface area contributed by atoms with E-state index < -0.39 is 0 Å². The molecule has 6 nitrogen and oxygen atoms in total. The highest BCUT2D eigenvalue weighted by Crippen LogP contribution is 2.27. The van der Waals surface area contributed by atoms with E-state index in [4.69, 9.17) is 23.2 Å². The van der Waals surface area contributed by atoms with Gasteiger partial charge in [0, 0.05) is 47.8 Å². The highest BCUT2D eigenvalue weighted by molar-refractivity contribution is 6.35. The number of carbonyl (C=O) groups excluding carboxylic acids is 1. The second kappa shape index (κ2) is 10.1. The van der Waals surface area contributed by atoms with Gasteiger partial charge in [-0.1, -0.05) is 35.3 Å². The normalized spacial score (nSPS) is 18.6. The van der Waals surface area contributed by atoms with Crippen LogP contribution in [-0.4, -0.2) is 58.0 Å². The van der Waals surface area contributed by atoms with E-state index in [0.29, 0.717) is 21.5 Å². The predicted molar refractivity (Wildman–Crippen MR) is 137 cm³/mol. The molecule has 0 atom stereocenters. The van der Waals surface area contributed by atoms with Gasteiger partial charge in [-0.15, -0.1) is 0 Å². The zero-order valence-electron chi connectivity index (χ0n) is 19.2. The lowest BCUT2D eigenvalue weighted by atomic mass is 9.92. The van der Waals surface area contributed by atoms with Crippen LogP contribution in [0, 0.1) is 5.92 Å². The standard InChI is InChI=1S/C26H30Cl2N4O2/c27-20-15-19(16-21(28)17-20)25(33)31-13-6-18(7-14-31)5-10-30-11-8-22(9-12-30)32-24-4-2-1-3-23(24)29-26(32)34/h1-4,15-18,22H,5-14H2,(H,29,34). The van der Waals surface area contributed by atoms with Crippen molar-refractivity contribution in [2.24, 2.45) is 5.92 Å². The SMILES string of the molecule is O=C(c1cc(Cl)cc(Cl)c1)N1CCC(CCN2CCC(n3c(=O)[nH]c4ccccc43)CC2)CC1. The zero-order chi connectivity index (χ0) is 23.7. The van der Waals surface area contributed by atoms with Crippen LogP contribution in [0.3, 0.4) is 0 Å². The predicted octanol–water partition coefficient (Wildman–Crippen LogP) is 5.22. The Morgan fingerprint density at radius 1 is 0.941 bits per heavy atom. The largest absolute Gasteiger partial charge is 0.339 e. The van der Waals surface area contributed by atoms with Gasteiger partial charge in [-0.05, 0) is 74.9 Å². The summed E-state index contributed by atoms with van der Waals surface area (Å²) in [4.78, 5) is 32.8. The number of fused-ring (bicyclic) bond motifs is 1. The maximum Gasteiger partial charge on any atom is 0.326 e. The molecule has 8 heteroatoms. The van der Waals surface area contributed by atoms with E-state index in [0.717, 1.165) is 75.9 Å². The fourth-order valence-corrected chi connectivity index (χ4v) is 6.01. The van der Waals surface area contributed by atoms with Crippen LogP contribution in [-0.2, 0) is 0 Å². The number of aromatic amines is 1. The molecule has 0 saturated carbocycles. The summed E-state index contributed by atoms with van der Waals surface area (Å²) >= 11 is 12.1. The fraction of sp³-hybridized carbons (Fsp3) is 0.462. The second-order valence-electron chi connectivity index (χ2n) is 9.57. The van der Waals surface area contributed by atoms with Gasteiger partial charge in [0.2, 0.25) is 0 Å². The molecule has 0 radical (unpaired) electrons. The molecule has 0 bridgehead atoms. The Kier molecular flexibility index (Phi) is 7.00. The molecule has 1 amide bonds. The summed E-state index contributed by atoms with van der Waals surface area (Å²) in [7, 11) is 0. The van der Waals surface area contributed by atoms with E-state index in [1.807, 2.05) is 33.7 Å². The minimum atomic E-state index is 0.000928. The van der Waals surface area contributed by atoms with E-state index >= 15 is 0 Å². The molecule has 2 saturated heterocycles. The van der Waals surface area contributed by atoms with Gasteiger partial charge >= 0.3 is 5.69 Å². The Bertz CT molecular complexity index is 1200. The molecule has 2 aliphatic rings. The summed E-state index contributed by atoms with van der Waals surface area (Å²) in [6.07, 6.45) is 5.21. The maximum atomic E-state index is 12.8. The van der Waals surface area contributed by atoms with Crippen LogP contribution in [0.5, 0.6) is 0 Å². The Morgan fingerprint density at radius 3 is 2.32 bits per heavy atom. The Hall–Kier alpha value is -2.28.